The summed E-state index contributed by atoms with van der Waals surface area (Å²) in [7, 11) is 2.05. The summed E-state index contributed by atoms with van der Waals surface area (Å²) in [5.41, 5.74) is 7.58. The SMILES string of the molecule is CN1CCOC(c2nc(-c3ccc(CN)cc3)no2)C1. The number of nitrogens with two attached hydrogens (primary N) is 1. The molecule has 0 saturated carbocycles. The maximum absolute atomic E-state index is 5.67. The molecule has 1 saturated heterocycles. The van der Waals surface area contributed by atoms with E-state index in [4.69, 9.17) is 15.0 Å². The Bertz CT molecular complexity index is 567. The molecule has 1 aliphatic rings. The van der Waals surface area contributed by atoms with Gasteiger partial charge in [0.05, 0.1) is 6.61 Å². The van der Waals surface area contributed by atoms with E-state index < -0.39 is 0 Å². The largest absolute Gasteiger partial charge is 0.366 e. The number of ether oxygens (including phenoxy) is 1. The zero-order valence-corrected chi connectivity index (χ0v) is 11.5. The van der Waals surface area contributed by atoms with E-state index in [1.165, 1.54) is 0 Å². The number of morpholine rings is 1. The fourth-order valence-electron chi connectivity index (χ4n) is 2.20. The zero-order valence-electron chi connectivity index (χ0n) is 11.5. The average Bonchev–Trinajstić information content (AvgIpc) is 2.97. The Hall–Kier alpha value is -1.76. The summed E-state index contributed by atoms with van der Waals surface area (Å²) in [6, 6.07) is 7.84. The summed E-state index contributed by atoms with van der Waals surface area (Å²) >= 11 is 0. The second kappa shape index (κ2) is 5.70. The molecule has 2 N–H and O–H groups in total. The van der Waals surface area contributed by atoms with Gasteiger partial charge in [-0.2, -0.15) is 4.98 Å². The van der Waals surface area contributed by atoms with Crippen molar-refractivity contribution in [3.05, 3.63) is 35.7 Å². The van der Waals surface area contributed by atoms with Crippen LogP contribution in [0, 0.1) is 0 Å². The number of benzene rings is 1. The van der Waals surface area contributed by atoms with Crippen LogP contribution in [0.2, 0.25) is 0 Å². The van der Waals surface area contributed by atoms with Gasteiger partial charge in [0.1, 0.15) is 6.10 Å². The van der Waals surface area contributed by atoms with Gasteiger partial charge in [-0.05, 0) is 12.6 Å². The first-order valence-electron chi connectivity index (χ1n) is 6.69. The monoisotopic (exact) mass is 274 g/mol. The Kier molecular flexibility index (Phi) is 3.77. The lowest BCUT2D eigenvalue weighted by Gasteiger charge is -2.27. The van der Waals surface area contributed by atoms with Crippen molar-refractivity contribution in [2.45, 2.75) is 12.6 Å². The smallest absolute Gasteiger partial charge is 0.257 e. The van der Waals surface area contributed by atoms with Crippen LogP contribution < -0.4 is 5.73 Å². The number of hydrogen-bond donors (Lipinski definition) is 1. The third-order valence-electron chi connectivity index (χ3n) is 3.43. The minimum Gasteiger partial charge on any atom is -0.366 e. The molecule has 1 unspecified atom stereocenters. The predicted molar refractivity (Wildman–Crippen MR) is 73.8 cm³/mol. The van der Waals surface area contributed by atoms with Crippen LogP contribution in [0.15, 0.2) is 28.8 Å². The molecule has 1 aliphatic heterocycles. The van der Waals surface area contributed by atoms with Gasteiger partial charge in [-0.1, -0.05) is 29.4 Å². The molecule has 0 spiro atoms. The minimum absolute atomic E-state index is 0.140. The number of rotatable bonds is 3. The van der Waals surface area contributed by atoms with E-state index >= 15 is 0 Å². The van der Waals surface area contributed by atoms with Crippen molar-refractivity contribution in [2.75, 3.05) is 26.7 Å². The van der Waals surface area contributed by atoms with Crippen molar-refractivity contribution in [1.29, 1.82) is 0 Å². The molecule has 0 bridgehead atoms. The van der Waals surface area contributed by atoms with E-state index in [1.54, 1.807) is 0 Å². The van der Waals surface area contributed by atoms with Crippen molar-refractivity contribution in [3.8, 4) is 11.4 Å². The van der Waals surface area contributed by atoms with Gasteiger partial charge in [0.15, 0.2) is 0 Å². The molecular formula is C14H18N4O2. The maximum atomic E-state index is 5.67. The van der Waals surface area contributed by atoms with E-state index in [0.29, 0.717) is 24.9 Å². The molecule has 2 aromatic rings. The van der Waals surface area contributed by atoms with E-state index in [2.05, 4.69) is 22.1 Å². The molecule has 2 heterocycles. The minimum atomic E-state index is -0.140. The highest BCUT2D eigenvalue weighted by Gasteiger charge is 2.25. The lowest BCUT2D eigenvalue weighted by molar-refractivity contribution is -0.0366. The molecule has 1 aromatic heterocycles. The molecule has 0 radical (unpaired) electrons. The highest BCUT2D eigenvalue weighted by molar-refractivity contribution is 5.54. The van der Waals surface area contributed by atoms with Gasteiger partial charge in [-0.3, -0.25) is 0 Å². The molecule has 6 nitrogen and oxygen atoms in total. The fraction of sp³-hybridized carbons (Fsp3) is 0.429. The van der Waals surface area contributed by atoms with Crippen molar-refractivity contribution in [2.24, 2.45) is 5.73 Å². The van der Waals surface area contributed by atoms with Crippen molar-refractivity contribution in [3.63, 3.8) is 0 Å². The molecule has 1 aromatic carbocycles. The molecule has 1 fully saturated rings. The normalized spacial score (nSPS) is 20.2. The molecular weight excluding hydrogens is 256 g/mol. The lowest BCUT2D eigenvalue weighted by Crippen LogP contribution is -2.35. The fourth-order valence-corrected chi connectivity index (χ4v) is 2.20. The van der Waals surface area contributed by atoms with Gasteiger partial charge in [-0.15, -0.1) is 0 Å². The first kappa shape index (κ1) is 13.2. The molecule has 0 amide bonds. The Morgan fingerprint density at radius 2 is 2.15 bits per heavy atom. The highest BCUT2D eigenvalue weighted by Crippen LogP contribution is 2.23. The average molecular weight is 274 g/mol. The maximum Gasteiger partial charge on any atom is 0.257 e. The second-order valence-corrected chi connectivity index (χ2v) is 4.98. The molecule has 0 aliphatic carbocycles. The number of likely N-dealkylation sites (N-methyl/N-ethyl adjacent to an activating group) is 1. The molecule has 20 heavy (non-hydrogen) atoms. The summed E-state index contributed by atoms with van der Waals surface area (Å²) in [5.74, 6) is 1.12. The van der Waals surface area contributed by atoms with Crippen LogP contribution >= 0.6 is 0 Å². The van der Waals surface area contributed by atoms with E-state index in [9.17, 15) is 0 Å². The lowest BCUT2D eigenvalue weighted by atomic mass is 10.1. The van der Waals surface area contributed by atoms with Crippen molar-refractivity contribution < 1.29 is 9.26 Å². The third kappa shape index (κ3) is 2.72. The molecule has 6 heteroatoms. The highest BCUT2D eigenvalue weighted by atomic mass is 16.5. The predicted octanol–water partition coefficient (Wildman–Crippen LogP) is 1.20. The Labute approximate surface area is 117 Å². The van der Waals surface area contributed by atoms with E-state index in [0.717, 1.165) is 24.2 Å². The Morgan fingerprint density at radius 1 is 1.35 bits per heavy atom. The van der Waals surface area contributed by atoms with Crippen molar-refractivity contribution in [1.82, 2.24) is 15.0 Å². The summed E-state index contributed by atoms with van der Waals surface area (Å²) in [4.78, 5) is 6.62. The summed E-state index contributed by atoms with van der Waals surface area (Å²) < 4.78 is 11.0. The van der Waals surface area contributed by atoms with Crippen molar-refractivity contribution >= 4 is 0 Å². The van der Waals surface area contributed by atoms with E-state index in [-0.39, 0.29) is 6.10 Å². The molecule has 1 atom stereocenters. The van der Waals surface area contributed by atoms with Crippen LogP contribution in [0.4, 0.5) is 0 Å². The van der Waals surface area contributed by atoms with Gasteiger partial charge < -0.3 is 19.9 Å². The third-order valence-corrected chi connectivity index (χ3v) is 3.43. The van der Waals surface area contributed by atoms with Crippen LogP contribution in [-0.2, 0) is 11.3 Å². The Balaban J connectivity index is 1.78. The van der Waals surface area contributed by atoms with Crippen LogP contribution in [-0.4, -0.2) is 41.8 Å². The standard InChI is InChI=1S/C14H18N4O2/c1-18-6-7-19-12(9-18)14-16-13(17-20-14)11-4-2-10(8-15)3-5-11/h2-5,12H,6-9,15H2,1H3. The van der Waals surface area contributed by atoms with Crippen LogP contribution in [0.1, 0.15) is 17.6 Å². The topological polar surface area (TPSA) is 77.4 Å². The number of hydrogen-bond acceptors (Lipinski definition) is 6. The van der Waals surface area contributed by atoms with Crippen LogP contribution in [0.5, 0.6) is 0 Å². The van der Waals surface area contributed by atoms with Gasteiger partial charge >= 0.3 is 0 Å². The first-order valence-corrected chi connectivity index (χ1v) is 6.69. The Morgan fingerprint density at radius 3 is 2.85 bits per heavy atom. The number of aromatic nitrogens is 2. The van der Waals surface area contributed by atoms with E-state index in [1.807, 2.05) is 24.3 Å². The van der Waals surface area contributed by atoms with Crippen LogP contribution in [0.25, 0.3) is 11.4 Å². The zero-order chi connectivity index (χ0) is 13.9. The summed E-state index contributed by atoms with van der Waals surface area (Å²) in [6.07, 6.45) is -0.140. The van der Waals surface area contributed by atoms with Gasteiger partial charge in [-0.25, -0.2) is 0 Å². The van der Waals surface area contributed by atoms with Crippen LogP contribution in [0.3, 0.4) is 0 Å². The molecule has 106 valence electrons. The van der Waals surface area contributed by atoms with Gasteiger partial charge in [0.2, 0.25) is 5.82 Å². The first-order chi connectivity index (χ1) is 9.76. The van der Waals surface area contributed by atoms with Gasteiger partial charge in [0, 0.05) is 25.2 Å². The summed E-state index contributed by atoms with van der Waals surface area (Å²) in [6.45, 7) is 2.91. The summed E-state index contributed by atoms with van der Waals surface area (Å²) in [5, 5.41) is 4.03. The van der Waals surface area contributed by atoms with Gasteiger partial charge in [0.25, 0.3) is 5.89 Å². The quantitative estimate of drug-likeness (QED) is 0.906. The second-order valence-electron chi connectivity index (χ2n) is 4.98. The molecule has 3 rings (SSSR count). The number of nitrogens with zero attached hydrogens (tertiary/aromatic N) is 3.